The fourth-order valence-corrected chi connectivity index (χ4v) is 3.36. The summed E-state index contributed by atoms with van der Waals surface area (Å²) in [5.74, 6) is 0.273. The molecule has 1 aliphatic carbocycles. The SMILES string of the molecule is CC1(C)CCCC(N)(CCCS(C)(=O)=O)CC1. The van der Waals surface area contributed by atoms with Crippen LogP contribution in [0, 0.1) is 5.41 Å². The third-order valence-electron chi connectivity index (χ3n) is 4.02. The summed E-state index contributed by atoms with van der Waals surface area (Å²) in [7, 11) is -2.84. The van der Waals surface area contributed by atoms with Gasteiger partial charge in [-0.15, -0.1) is 0 Å². The molecule has 2 N–H and O–H groups in total. The van der Waals surface area contributed by atoms with E-state index in [1.165, 1.54) is 19.1 Å². The average molecular weight is 261 g/mol. The van der Waals surface area contributed by atoms with E-state index in [0.717, 1.165) is 25.7 Å². The number of rotatable bonds is 4. The van der Waals surface area contributed by atoms with Crippen molar-refractivity contribution in [1.29, 1.82) is 0 Å². The van der Waals surface area contributed by atoms with E-state index in [0.29, 0.717) is 11.8 Å². The Morgan fingerprint density at radius 2 is 1.76 bits per heavy atom. The van der Waals surface area contributed by atoms with Gasteiger partial charge in [0.05, 0.1) is 0 Å². The monoisotopic (exact) mass is 261 g/mol. The van der Waals surface area contributed by atoms with Crippen LogP contribution in [0.5, 0.6) is 0 Å². The average Bonchev–Trinajstić information content (AvgIpc) is 2.24. The Bertz CT molecular complexity index is 348. The van der Waals surface area contributed by atoms with E-state index >= 15 is 0 Å². The van der Waals surface area contributed by atoms with Crippen molar-refractivity contribution in [3.63, 3.8) is 0 Å². The van der Waals surface area contributed by atoms with Crippen molar-refractivity contribution >= 4 is 9.84 Å². The summed E-state index contributed by atoms with van der Waals surface area (Å²) in [5.41, 5.74) is 6.69. The van der Waals surface area contributed by atoms with Crippen molar-refractivity contribution in [2.24, 2.45) is 11.1 Å². The molecule has 0 aromatic heterocycles. The quantitative estimate of drug-likeness (QED) is 0.791. The van der Waals surface area contributed by atoms with Gasteiger partial charge in [-0.3, -0.25) is 0 Å². The molecule has 0 amide bonds. The molecule has 1 fully saturated rings. The van der Waals surface area contributed by atoms with Gasteiger partial charge in [0.25, 0.3) is 0 Å². The van der Waals surface area contributed by atoms with Crippen LogP contribution in [0.2, 0.25) is 0 Å². The molecule has 0 aliphatic heterocycles. The van der Waals surface area contributed by atoms with E-state index in [2.05, 4.69) is 13.8 Å². The molecule has 3 nitrogen and oxygen atoms in total. The fraction of sp³-hybridized carbons (Fsp3) is 1.00. The molecule has 4 heteroatoms. The van der Waals surface area contributed by atoms with Crippen molar-refractivity contribution in [1.82, 2.24) is 0 Å². The Kier molecular flexibility index (Phi) is 4.64. The Labute approximate surface area is 106 Å². The first-order chi connectivity index (χ1) is 7.62. The van der Waals surface area contributed by atoms with Crippen LogP contribution < -0.4 is 5.73 Å². The molecule has 17 heavy (non-hydrogen) atoms. The van der Waals surface area contributed by atoms with Gasteiger partial charge in [-0.05, 0) is 43.9 Å². The van der Waals surface area contributed by atoms with Gasteiger partial charge in [0.1, 0.15) is 9.84 Å². The van der Waals surface area contributed by atoms with E-state index < -0.39 is 9.84 Å². The minimum Gasteiger partial charge on any atom is -0.325 e. The molecule has 0 radical (unpaired) electrons. The molecule has 0 bridgehead atoms. The largest absolute Gasteiger partial charge is 0.325 e. The second-order valence-electron chi connectivity index (χ2n) is 6.61. The van der Waals surface area contributed by atoms with E-state index in [-0.39, 0.29) is 11.3 Å². The van der Waals surface area contributed by atoms with Crippen LogP contribution in [0.4, 0.5) is 0 Å². The molecule has 1 atom stereocenters. The zero-order valence-corrected chi connectivity index (χ0v) is 12.3. The second kappa shape index (κ2) is 5.27. The standard InChI is InChI=1S/C13H27NO2S/c1-12(2)6-4-7-13(14,10-9-12)8-5-11-17(3,15)16/h4-11,14H2,1-3H3. The fourth-order valence-electron chi connectivity index (χ4n) is 2.69. The molecule has 102 valence electrons. The predicted molar refractivity (Wildman–Crippen MR) is 72.7 cm³/mol. The van der Waals surface area contributed by atoms with E-state index in [9.17, 15) is 8.42 Å². The first-order valence-corrected chi connectivity index (χ1v) is 8.65. The highest BCUT2D eigenvalue weighted by atomic mass is 32.2. The van der Waals surface area contributed by atoms with Crippen molar-refractivity contribution in [2.45, 2.75) is 64.3 Å². The second-order valence-corrected chi connectivity index (χ2v) is 8.87. The van der Waals surface area contributed by atoms with Gasteiger partial charge in [-0.25, -0.2) is 8.42 Å². The summed E-state index contributed by atoms with van der Waals surface area (Å²) in [6.07, 6.45) is 8.48. The van der Waals surface area contributed by atoms with Crippen LogP contribution in [0.25, 0.3) is 0 Å². The molecule has 0 aromatic rings. The molecule has 1 rings (SSSR count). The topological polar surface area (TPSA) is 60.2 Å². The van der Waals surface area contributed by atoms with Gasteiger partial charge >= 0.3 is 0 Å². The summed E-state index contributed by atoms with van der Waals surface area (Å²) in [6.45, 7) is 4.60. The van der Waals surface area contributed by atoms with Crippen molar-refractivity contribution in [3.8, 4) is 0 Å². The van der Waals surface area contributed by atoms with Crippen LogP contribution in [-0.2, 0) is 9.84 Å². The van der Waals surface area contributed by atoms with Crippen molar-refractivity contribution in [2.75, 3.05) is 12.0 Å². The van der Waals surface area contributed by atoms with Crippen LogP contribution in [0.3, 0.4) is 0 Å². The van der Waals surface area contributed by atoms with Gasteiger partial charge in [0, 0.05) is 17.5 Å². The molecular formula is C13H27NO2S. The first kappa shape index (κ1) is 15.0. The van der Waals surface area contributed by atoms with Crippen LogP contribution in [-0.4, -0.2) is 26.0 Å². The van der Waals surface area contributed by atoms with Gasteiger partial charge in [0.15, 0.2) is 0 Å². The lowest BCUT2D eigenvalue weighted by molar-refractivity contribution is 0.290. The summed E-state index contributed by atoms with van der Waals surface area (Å²) in [5, 5.41) is 0. The summed E-state index contributed by atoms with van der Waals surface area (Å²) in [4.78, 5) is 0. The van der Waals surface area contributed by atoms with Crippen LogP contribution >= 0.6 is 0 Å². The zero-order valence-electron chi connectivity index (χ0n) is 11.5. The molecule has 1 aliphatic rings. The molecule has 0 aromatic carbocycles. The minimum atomic E-state index is -2.84. The Hall–Kier alpha value is -0.0900. The van der Waals surface area contributed by atoms with E-state index in [1.54, 1.807) is 0 Å². The first-order valence-electron chi connectivity index (χ1n) is 6.59. The molecule has 1 saturated carbocycles. The number of nitrogens with two attached hydrogens (primary N) is 1. The minimum absolute atomic E-state index is 0.127. The lowest BCUT2D eigenvalue weighted by Gasteiger charge is -2.29. The predicted octanol–water partition coefficient (Wildman–Crippen LogP) is 2.50. The molecule has 1 unspecified atom stereocenters. The summed E-state index contributed by atoms with van der Waals surface area (Å²) < 4.78 is 22.2. The van der Waals surface area contributed by atoms with E-state index in [1.807, 2.05) is 0 Å². The van der Waals surface area contributed by atoms with Crippen LogP contribution in [0.1, 0.15) is 58.8 Å². The Balaban J connectivity index is 2.46. The highest BCUT2D eigenvalue weighted by molar-refractivity contribution is 7.90. The van der Waals surface area contributed by atoms with Gasteiger partial charge < -0.3 is 5.73 Å². The van der Waals surface area contributed by atoms with Gasteiger partial charge in [0.2, 0.25) is 0 Å². The number of hydrogen-bond acceptors (Lipinski definition) is 3. The van der Waals surface area contributed by atoms with Gasteiger partial charge in [-0.2, -0.15) is 0 Å². The number of hydrogen-bond donors (Lipinski definition) is 1. The zero-order chi connectivity index (χ0) is 13.2. The highest BCUT2D eigenvalue weighted by Gasteiger charge is 2.32. The normalized spacial score (nSPS) is 29.9. The Morgan fingerprint density at radius 3 is 2.35 bits per heavy atom. The smallest absolute Gasteiger partial charge is 0.147 e. The maximum absolute atomic E-state index is 11.1. The lowest BCUT2D eigenvalue weighted by atomic mass is 9.82. The molecule has 0 heterocycles. The van der Waals surface area contributed by atoms with Crippen molar-refractivity contribution < 1.29 is 8.42 Å². The number of sulfone groups is 1. The van der Waals surface area contributed by atoms with Crippen LogP contribution in [0.15, 0.2) is 0 Å². The van der Waals surface area contributed by atoms with E-state index in [4.69, 9.17) is 5.73 Å². The maximum atomic E-state index is 11.1. The molecule has 0 saturated heterocycles. The molecule has 0 spiro atoms. The van der Waals surface area contributed by atoms with Gasteiger partial charge in [-0.1, -0.05) is 20.3 Å². The maximum Gasteiger partial charge on any atom is 0.147 e. The van der Waals surface area contributed by atoms with Crippen molar-refractivity contribution in [3.05, 3.63) is 0 Å². The lowest BCUT2D eigenvalue weighted by Crippen LogP contribution is -2.39. The summed E-state index contributed by atoms with van der Waals surface area (Å²) in [6, 6.07) is 0. The highest BCUT2D eigenvalue weighted by Crippen LogP contribution is 2.38. The molecular weight excluding hydrogens is 234 g/mol. The Morgan fingerprint density at radius 1 is 1.12 bits per heavy atom. The third-order valence-corrected chi connectivity index (χ3v) is 5.05. The third kappa shape index (κ3) is 5.87. The summed E-state index contributed by atoms with van der Waals surface area (Å²) >= 11 is 0.